The van der Waals surface area contributed by atoms with Crippen LogP contribution in [-0.2, 0) is 4.74 Å². The Morgan fingerprint density at radius 3 is 2.14 bits per heavy atom. The van der Waals surface area contributed by atoms with E-state index in [1.165, 1.54) is 58.5 Å². The van der Waals surface area contributed by atoms with Crippen LogP contribution >= 0.6 is 0 Å². The Hall–Kier alpha value is -0.160. The minimum absolute atomic E-state index is 0.361. The van der Waals surface area contributed by atoms with Gasteiger partial charge in [0.2, 0.25) is 0 Å². The number of nitrogens with zero attached hydrogens (tertiary/aromatic N) is 3. The molecule has 0 saturated carbocycles. The predicted molar refractivity (Wildman–Crippen MR) is 93.4 cm³/mol. The zero-order chi connectivity index (χ0) is 15.9. The average molecular weight is 312 g/mol. The molecule has 0 aliphatic carbocycles. The third-order valence-electron chi connectivity index (χ3n) is 5.50. The van der Waals surface area contributed by atoms with Crippen molar-refractivity contribution in [3.05, 3.63) is 0 Å². The van der Waals surface area contributed by atoms with Gasteiger partial charge in [-0.15, -0.1) is 0 Å². The number of piperazine rings is 1. The summed E-state index contributed by atoms with van der Waals surface area (Å²) in [6.07, 6.45) is 4.31. The molecule has 4 nitrogen and oxygen atoms in total. The van der Waals surface area contributed by atoms with Crippen LogP contribution in [0.4, 0.5) is 0 Å². The summed E-state index contributed by atoms with van der Waals surface area (Å²) >= 11 is 0. The molecule has 1 unspecified atom stereocenters. The third-order valence-corrected chi connectivity index (χ3v) is 5.50. The van der Waals surface area contributed by atoms with Crippen molar-refractivity contribution >= 4 is 0 Å². The van der Waals surface area contributed by atoms with Crippen molar-refractivity contribution in [2.24, 2.45) is 0 Å². The van der Waals surface area contributed by atoms with Gasteiger partial charge >= 0.3 is 0 Å². The highest BCUT2D eigenvalue weighted by Crippen LogP contribution is 2.19. The van der Waals surface area contributed by atoms with E-state index in [0.717, 1.165) is 25.2 Å². The maximum atomic E-state index is 5.67. The van der Waals surface area contributed by atoms with Gasteiger partial charge in [0.1, 0.15) is 0 Å². The van der Waals surface area contributed by atoms with Crippen LogP contribution in [0.5, 0.6) is 0 Å². The molecule has 2 saturated heterocycles. The fourth-order valence-electron chi connectivity index (χ4n) is 3.73. The van der Waals surface area contributed by atoms with Gasteiger partial charge in [0.05, 0.1) is 12.7 Å². The number of hydrogen-bond acceptors (Lipinski definition) is 4. The lowest BCUT2D eigenvalue weighted by Gasteiger charge is -2.44. The molecule has 0 amide bonds. The number of likely N-dealkylation sites (tertiary alicyclic amines) is 1. The highest BCUT2D eigenvalue weighted by atomic mass is 16.5. The van der Waals surface area contributed by atoms with Crippen LogP contribution < -0.4 is 0 Å². The summed E-state index contributed by atoms with van der Waals surface area (Å²) in [6, 6.07) is 1.58. The molecule has 2 aliphatic rings. The fraction of sp³-hybridized carbons (Fsp3) is 1.00. The van der Waals surface area contributed by atoms with Gasteiger partial charge in [0, 0.05) is 44.8 Å². The zero-order valence-corrected chi connectivity index (χ0v) is 15.3. The molecule has 0 aromatic carbocycles. The van der Waals surface area contributed by atoms with Gasteiger partial charge < -0.3 is 9.64 Å². The Labute approximate surface area is 137 Å². The number of piperidine rings is 1. The molecule has 22 heavy (non-hydrogen) atoms. The van der Waals surface area contributed by atoms with E-state index in [2.05, 4.69) is 42.4 Å². The monoisotopic (exact) mass is 311 g/mol. The summed E-state index contributed by atoms with van der Waals surface area (Å²) < 4.78 is 5.67. The summed E-state index contributed by atoms with van der Waals surface area (Å²) in [5.74, 6) is 0. The summed E-state index contributed by atoms with van der Waals surface area (Å²) in [5.41, 5.74) is 0. The van der Waals surface area contributed by atoms with Crippen molar-refractivity contribution in [1.82, 2.24) is 14.7 Å². The van der Waals surface area contributed by atoms with Gasteiger partial charge in [-0.2, -0.15) is 0 Å². The summed E-state index contributed by atoms with van der Waals surface area (Å²) in [4.78, 5) is 7.99. The predicted octanol–water partition coefficient (Wildman–Crippen LogP) is 2.29. The highest BCUT2D eigenvalue weighted by Gasteiger charge is 2.28. The van der Waals surface area contributed by atoms with Crippen LogP contribution in [0.2, 0.25) is 0 Å². The standard InChI is InChI=1S/C18H37N3O/c1-5-17(4)20-10-12-21(13-11-20)18-6-8-19(9-7-18)14-15-22-16(2)3/h16-18H,5-15H2,1-4H3. The molecule has 1 atom stereocenters. The van der Waals surface area contributed by atoms with E-state index < -0.39 is 0 Å². The molecule has 0 bridgehead atoms. The lowest BCUT2D eigenvalue weighted by molar-refractivity contribution is 0.0271. The molecule has 4 heteroatoms. The third kappa shape index (κ3) is 5.48. The Morgan fingerprint density at radius 1 is 0.955 bits per heavy atom. The minimum atomic E-state index is 0.361. The van der Waals surface area contributed by atoms with E-state index in [4.69, 9.17) is 4.74 Å². The van der Waals surface area contributed by atoms with E-state index in [1.807, 2.05) is 0 Å². The van der Waals surface area contributed by atoms with Crippen LogP contribution in [0.1, 0.15) is 47.0 Å². The SMILES string of the molecule is CCC(C)N1CCN(C2CCN(CCOC(C)C)CC2)CC1. The van der Waals surface area contributed by atoms with E-state index in [1.54, 1.807) is 0 Å². The molecule has 0 aromatic rings. The smallest absolute Gasteiger partial charge is 0.0596 e. The highest BCUT2D eigenvalue weighted by molar-refractivity contribution is 4.84. The summed E-state index contributed by atoms with van der Waals surface area (Å²) in [5, 5.41) is 0. The second-order valence-electron chi connectivity index (χ2n) is 7.32. The van der Waals surface area contributed by atoms with Crippen molar-refractivity contribution < 1.29 is 4.74 Å². The molecule has 0 spiro atoms. The first-order chi connectivity index (χ1) is 10.6. The van der Waals surface area contributed by atoms with Gasteiger partial charge in [-0.25, -0.2) is 0 Å². The van der Waals surface area contributed by atoms with E-state index in [9.17, 15) is 0 Å². The zero-order valence-electron chi connectivity index (χ0n) is 15.3. The Kier molecular flexibility index (Phi) is 7.61. The summed E-state index contributed by atoms with van der Waals surface area (Å²) in [6.45, 7) is 18.4. The Bertz CT molecular complexity index is 295. The number of hydrogen-bond donors (Lipinski definition) is 0. The molecule has 0 N–H and O–H groups in total. The minimum Gasteiger partial charge on any atom is -0.377 e. The van der Waals surface area contributed by atoms with Gasteiger partial charge in [-0.3, -0.25) is 9.80 Å². The van der Waals surface area contributed by atoms with Crippen molar-refractivity contribution in [1.29, 1.82) is 0 Å². The lowest BCUT2D eigenvalue weighted by Crippen LogP contribution is -2.54. The topological polar surface area (TPSA) is 19.0 Å². The van der Waals surface area contributed by atoms with Crippen LogP contribution in [0.15, 0.2) is 0 Å². The number of rotatable bonds is 7. The van der Waals surface area contributed by atoms with Crippen molar-refractivity contribution in [3.63, 3.8) is 0 Å². The van der Waals surface area contributed by atoms with Gasteiger partial charge in [0.25, 0.3) is 0 Å². The van der Waals surface area contributed by atoms with Crippen LogP contribution in [0.3, 0.4) is 0 Å². The molecule has 2 rings (SSSR count). The normalized spacial score (nSPS) is 25.0. The molecule has 2 fully saturated rings. The van der Waals surface area contributed by atoms with E-state index >= 15 is 0 Å². The van der Waals surface area contributed by atoms with Crippen molar-refractivity contribution in [2.45, 2.75) is 65.1 Å². The van der Waals surface area contributed by atoms with Crippen molar-refractivity contribution in [2.75, 3.05) is 52.4 Å². The van der Waals surface area contributed by atoms with E-state index in [-0.39, 0.29) is 0 Å². The molecular formula is C18H37N3O. The molecule has 130 valence electrons. The first-order valence-corrected chi connectivity index (χ1v) is 9.42. The quantitative estimate of drug-likeness (QED) is 0.718. The first kappa shape index (κ1) is 18.2. The maximum absolute atomic E-state index is 5.67. The molecule has 0 aromatic heterocycles. The van der Waals surface area contributed by atoms with Crippen molar-refractivity contribution in [3.8, 4) is 0 Å². The van der Waals surface area contributed by atoms with Gasteiger partial charge in [-0.05, 0) is 53.1 Å². The van der Waals surface area contributed by atoms with Gasteiger partial charge in [-0.1, -0.05) is 6.92 Å². The molecule has 0 radical (unpaired) electrons. The Balaban J connectivity index is 1.63. The second-order valence-corrected chi connectivity index (χ2v) is 7.32. The average Bonchev–Trinajstić information content (AvgIpc) is 2.54. The van der Waals surface area contributed by atoms with E-state index in [0.29, 0.717) is 6.10 Å². The van der Waals surface area contributed by atoms with Gasteiger partial charge in [0.15, 0.2) is 0 Å². The molecule has 2 aliphatic heterocycles. The maximum Gasteiger partial charge on any atom is 0.0596 e. The second kappa shape index (κ2) is 9.21. The Morgan fingerprint density at radius 2 is 1.59 bits per heavy atom. The van der Waals surface area contributed by atoms with Crippen LogP contribution in [0, 0.1) is 0 Å². The largest absolute Gasteiger partial charge is 0.377 e. The van der Waals surface area contributed by atoms with Crippen LogP contribution in [-0.4, -0.2) is 85.3 Å². The number of ether oxygens (including phenoxy) is 1. The molecular weight excluding hydrogens is 274 g/mol. The summed E-state index contributed by atoms with van der Waals surface area (Å²) in [7, 11) is 0. The lowest BCUT2D eigenvalue weighted by atomic mass is 10.0. The van der Waals surface area contributed by atoms with Crippen LogP contribution in [0.25, 0.3) is 0 Å². The molecule has 2 heterocycles. The fourth-order valence-corrected chi connectivity index (χ4v) is 3.73. The first-order valence-electron chi connectivity index (χ1n) is 9.42.